The SMILES string of the molecule is Cc1scc(-c2cccnc2)c1N1CCN2CCC1CC2. The average Bonchev–Trinajstić information content (AvgIpc) is 2.71. The number of anilines is 1. The third kappa shape index (κ3) is 2.36. The van der Waals surface area contributed by atoms with Crippen molar-refractivity contribution in [2.45, 2.75) is 25.8 Å². The third-order valence-electron chi connectivity index (χ3n) is 4.86. The molecule has 5 rings (SSSR count). The molecule has 0 unspecified atom stereocenters. The van der Waals surface area contributed by atoms with Crippen molar-refractivity contribution < 1.29 is 0 Å². The zero-order chi connectivity index (χ0) is 14.2. The van der Waals surface area contributed by atoms with Crippen LogP contribution in [0.4, 0.5) is 5.69 Å². The Bertz CT molecular complexity index is 614. The molecule has 2 aromatic rings. The highest BCUT2D eigenvalue weighted by molar-refractivity contribution is 7.11. The van der Waals surface area contributed by atoms with E-state index < -0.39 is 0 Å². The molecule has 0 N–H and O–H groups in total. The van der Waals surface area contributed by atoms with Crippen LogP contribution in [-0.4, -0.2) is 42.1 Å². The van der Waals surface area contributed by atoms with Gasteiger partial charge in [-0.3, -0.25) is 4.98 Å². The van der Waals surface area contributed by atoms with Gasteiger partial charge in [-0.25, -0.2) is 0 Å². The van der Waals surface area contributed by atoms with E-state index in [0.717, 1.165) is 6.54 Å². The minimum Gasteiger partial charge on any atom is -0.366 e. The van der Waals surface area contributed by atoms with Gasteiger partial charge in [-0.05, 0) is 25.8 Å². The highest BCUT2D eigenvalue weighted by Crippen LogP contribution is 2.41. The number of hydrogen-bond acceptors (Lipinski definition) is 4. The quantitative estimate of drug-likeness (QED) is 0.847. The molecule has 3 fully saturated rings. The first-order chi connectivity index (χ1) is 10.3. The lowest BCUT2D eigenvalue weighted by atomic mass is 10.0. The highest BCUT2D eigenvalue weighted by Gasteiger charge is 2.31. The standard InChI is InChI=1S/C17H21N3S/c1-13-17(16(12-21-13)14-3-2-6-18-11-14)20-10-9-19-7-4-15(20)5-8-19/h2-3,6,11-12,15H,4-5,7-10H2,1H3. The second-order valence-corrected chi connectivity index (χ2v) is 7.15. The summed E-state index contributed by atoms with van der Waals surface area (Å²) in [6.07, 6.45) is 6.45. The predicted molar refractivity (Wildman–Crippen MR) is 89.1 cm³/mol. The number of piperidine rings is 1. The van der Waals surface area contributed by atoms with E-state index in [9.17, 15) is 0 Å². The maximum absolute atomic E-state index is 4.30. The molecule has 110 valence electrons. The first-order valence-electron chi connectivity index (χ1n) is 7.80. The van der Waals surface area contributed by atoms with Crippen molar-refractivity contribution in [1.29, 1.82) is 0 Å². The lowest BCUT2D eigenvalue weighted by molar-refractivity contribution is 0.250. The maximum Gasteiger partial charge on any atom is 0.0587 e. The Hall–Kier alpha value is -1.39. The van der Waals surface area contributed by atoms with Gasteiger partial charge < -0.3 is 9.80 Å². The van der Waals surface area contributed by atoms with Gasteiger partial charge in [0, 0.05) is 66.0 Å². The third-order valence-corrected chi connectivity index (χ3v) is 5.76. The fourth-order valence-electron chi connectivity index (χ4n) is 3.71. The van der Waals surface area contributed by atoms with Gasteiger partial charge >= 0.3 is 0 Å². The van der Waals surface area contributed by atoms with E-state index in [4.69, 9.17) is 0 Å². The number of aromatic nitrogens is 1. The Balaban J connectivity index is 1.76. The van der Waals surface area contributed by atoms with Crippen molar-refractivity contribution in [3.05, 3.63) is 34.8 Å². The molecule has 21 heavy (non-hydrogen) atoms. The monoisotopic (exact) mass is 299 g/mol. The number of thiophene rings is 1. The smallest absolute Gasteiger partial charge is 0.0587 e. The summed E-state index contributed by atoms with van der Waals surface area (Å²) in [6, 6.07) is 4.93. The van der Waals surface area contributed by atoms with E-state index in [-0.39, 0.29) is 0 Å². The Morgan fingerprint density at radius 1 is 1.19 bits per heavy atom. The van der Waals surface area contributed by atoms with Gasteiger partial charge in [-0.1, -0.05) is 6.07 Å². The van der Waals surface area contributed by atoms with Gasteiger partial charge in [0.2, 0.25) is 0 Å². The summed E-state index contributed by atoms with van der Waals surface area (Å²) in [4.78, 5) is 11.0. The number of nitrogens with zero attached hydrogens (tertiary/aromatic N) is 3. The molecule has 3 saturated heterocycles. The summed E-state index contributed by atoms with van der Waals surface area (Å²) in [5.74, 6) is 0. The predicted octanol–water partition coefficient (Wildman–Crippen LogP) is 3.40. The molecule has 3 nitrogen and oxygen atoms in total. The van der Waals surface area contributed by atoms with Crippen LogP contribution >= 0.6 is 11.3 Å². The average molecular weight is 299 g/mol. The van der Waals surface area contributed by atoms with Crippen LogP contribution in [0.15, 0.2) is 29.9 Å². The summed E-state index contributed by atoms with van der Waals surface area (Å²) in [6.45, 7) is 7.17. The van der Waals surface area contributed by atoms with Crippen LogP contribution in [0, 0.1) is 6.92 Å². The normalized spacial score (nSPS) is 25.1. The lowest BCUT2D eigenvalue weighted by Crippen LogP contribution is -2.38. The molecule has 4 heteroatoms. The topological polar surface area (TPSA) is 19.4 Å². The molecule has 0 amide bonds. The van der Waals surface area contributed by atoms with Crippen molar-refractivity contribution >= 4 is 17.0 Å². The second kappa shape index (κ2) is 5.43. The Morgan fingerprint density at radius 3 is 2.81 bits per heavy atom. The van der Waals surface area contributed by atoms with E-state index in [1.807, 2.05) is 29.8 Å². The van der Waals surface area contributed by atoms with E-state index >= 15 is 0 Å². The molecule has 0 saturated carbocycles. The number of hydrogen-bond donors (Lipinski definition) is 0. The molecule has 3 aliphatic heterocycles. The maximum atomic E-state index is 4.30. The Labute approximate surface area is 130 Å². The minimum absolute atomic E-state index is 0.715. The molecular weight excluding hydrogens is 278 g/mol. The van der Waals surface area contributed by atoms with Crippen molar-refractivity contribution in [3.8, 4) is 11.1 Å². The van der Waals surface area contributed by atoms with Crippen LogP contribution in [-0.2, 0) is 0 Å². The van der Waals surface area contributed by atoms with Crippen molar-refractivity contribution in [2.24, 2.45) is 0 Å². The largest absolute Gasteiger partial charge is 0.366 e. The number of pyridine rings is 1. The summed E-state index contributed by atoms with van der Waals surface area (Å²) in [7, 11) is 0. The first-order valence-corrected chi connectivity index (χ1v) is 8.68. The fourth-order valence-corrected chi connectivity index (χ4v) is 4.59. The van der Waals surface area contributed by atoms with Gasteiger partial charge in [-0.15, -0.1) is 11.3 Å². The van der Waals surface area contributed by atoms with Gasteiger partial charge in [0.1, 0.15) is 0 Å². The number of rotatable bonds is 2. The van der Waals surface area contributed by atoms with Gasteiger partial charge in [-0.2, -0.15) is 0 Å². The molecule has 3 aliphatic rings. The van der Waals surface area contributed by atoms with Gasteiger partial charge in [0.15, 0.2) is 0 Å². The zero-order valence-corrected chi connectivity index (χ0v) is 13.3. The van der Waals surface area contributed by atoms with E-state index in [0.29, 0.717) is 6.04 Å². The van der Waals surface area contributed by atoms with Crippen molar-refractivity contribution in [1.82, 2.24) is 9.88 Å². The number of aryl methyl sites for hydroxylation is 1. The van der Waals surface area contributed by atoms with Crippen molar-refractivity contribution in [2.75, 3.05) is 31.1 Å². The number of fused-ring (bicyclic) bond motifs is 4. The van der Waals surface area contributed by atoms with Crippen LogP contribution in [0.2, 0.25) is 0 Å². The summed E-state index contributed by atoms with van der Waals surface area (Å²) < 4.78 is 0. The Kier molecular flexibility index (Phi) is 3.43. The lowest BCUT2D eigenvalue weighted by Gasteiger charge is -2.33. The zero-order valence-electron chi connectivity index (χ0n) is 12.5. The Morgan fingerprint density at radius 2 is 2.05 bits per heavy atom. The first kappa shape index (κ1) is 13.3. The van der Waals surface area contributed by atoms with Gasteiger partial charge in [0.25, 0.3) is 0 Å². The molecule has 0 aromatic carbocycles. The molecule has 2 bridgehead atoms. The van der Waals surface area contributed by atoms with Crippen LogP contribution in [0.3, 0.4) is 0 Å². The summed E-state index contributed by atoms with van der Waals surface area (Å²) in [5.41, 5.74) is 4.07. The van der Waals surface area contributed by atoms with Gasteiger partial charge in [0.05, 0.1) is 5.69 Å². The molecule has 0 radical (unpaired) electrons. The van der Waals surface area contributed by atoms with E-state index in [1.54, 1.807) is 0 Å². The fraction of sp³-hybridized carbons (Fsp3) is 0.471. The molecular formula is C17H21N3S. The summed E-state index contributed by atoms with van der Waals surface area (Å²) in [5, 5.41) is 2.30. The van der Waals surface area contributed by atoms with Crippen LogP contribution in [0.5, 0.6) is 0 Å². The second-order valence-electron chi connectivity index (χ2n) is 6.06. The molecule has 0 atom stereocenters. The molecule has 0 spiro atoms. The molecule has 0 aliphatic carbocycles. The minimum atomic E-state index is 0.715. The van der Waals surface area contributed by atoms with E-state index in [1.165, 1.54) is 54.2 Å². The highest BCUT2D eigenvalue weighted by atomic mass is 32.1. The molecule has 2 aromatic heterocycles. The summed E-state index contributed by atoms with van der Waals surface area (Å²) >= 11 is 1.87. The van der Waals surface area contributed by atoms with Crippen LogP contribution in [0.1, 0.15) is 17.7 Å². The molecule has 5 heterocycles. The van der Waals surface area contributed by atoms with E-state index in [2.05, 4.69) is 33.2 Å². The van der Waals surface area contributed by atoms with Crippen LogP contribution in [0.25, 0.3) is 11.1 Å². The van der Waals surface area contributed by atoms with Crippen LogP contribution < -0.4 is 4.90 Å². The van der Waals surface area contributed by atoms with Crippen molar-refractivity contribution in [3.63, 3.8) is 0 Å².